The van der Waals surface area contributed by atoms with E-state index in [1.807, 2.05) is 0 Å². The lowest BCUT2D eigenvalue weighted by atomic mass is 10.1. The van der Waals surface area contributed by atoms with Crippen LogP contribution in [0.15, 0.2) is 23.1 Å². The lowest BCUT2D eigenvalue weighted by Gasteiger charge is -2.25. The molecule has 0 aromatic heterocycles. The molecule has 0 aliphatic carbocycles. The van der Waals surface area contributed by atoms with Crippen LogP contribution in [-0.2, 0) is 19.6 Å². The van der Waals surface area contributed by atoms with Crippen molar-refractivity contribution in [2.75, 3.05) is 33.8 Å². The Hall–Kier alpha value is -1.97. The maximum Gasteiger partial charge on any atom is 0.338 e. The van der Waals surface area contributed by atoms with Gasteiger partial charge < -0.3 is 9.84 Å². The minimum atomic E-state index is -3.75. The molecule has 150 valence electrons. The summed E-state index contributed by atoms with van der Waals surface area (Å²) < 4.78 is 32.2. The van der Waals surface area contributed by atoms with Crippen molar-refractivity contribution in [2.24, 2.45) is 0 Å². The molecule has 0 amide bonds. The molecule has 0 spiro atoms. The van der Waals surface area contributed by atoms with Gasteiger partial charge in [0.05, 0.1) is 24.1 Å². The highest BCUT2D eigenvalue weighted by atomic mass is 32.2. The van der Waals surface area contributed by atoms with Crippen molar-refractivity contribution in [1.82, 2.24) is 9.21 Å². The molecule has 9 heteroatoms. The van der Waals surface area contributed by atoms with Crippen molar-refractivity contribution in [3.8, 4) is 0 Å². The topological polar surface area (TPSA) is 104 Å². The highest BCUT2D eigenvalue weighted by molar-refractivity contribution is 7.89. The Labute approximate surface area is 159 Å². The summed E-state index contributed by atoms with van der Waals surface area (Å²) in [6.45, 7) is 2.31. The normalized spacial score (nSPS) is 18.9. The SMILES string of the molecule is COC(=O)c1cc(S(=O)(=O)N2CCCC(N(C)CC(=O)O)CC2)ccc1C. The van der Waals surface area contributed by atoms with E-state index < -0.39 is 22.0 Å². The van der Waals surface area contributed by atoms with Gasteiger partial charge in [-0.2, -0.15) is 4.31 Å². The molecule has 2 rings (SSSR count). The zero-order chi connectivity index (χ0) is 20.2. The van der Waals surface area contributed by atoms with E-state index in [2.05, 4.69) is 0 Å². The van der Waals surface area contributed by atoms with Gasteiger partial charge in [0.1, 0.15) is 0 Å². The lowest BCUT2D eigenvalue weighted by Crippen LogP contribution is -2.37. The van der Waals surface area contributed by atoms with Crippen molar-refractivity contribution >= 4 is 22.0 Å². The number of aryl methyl sites for hydroxylation is 1. The number of esters is 1. The van der Waals surface area contributed by atoms with Crippen molar-refractivity contribution in [3.63, 3.8) is 0 Å². The van der Waals surface area contributed by atoms with Crippen LogP contribution in [-0.4, -0.2) is 74.5 Å². The molecule has 1 aliphatic rings. The van der Waals surface area contributed by atoms with E-state index in [1.54, 1.807) is 24.9 Å². The van der Waals surface area contributed by atoms with Crippen molar-refractivity contribution in [3.05, 3.63) is 29.3 Å². The number of carboxylic acids is 1. The minimum Gasteiger partial charge on any atom is -0.480 e. The van der Waals surface area contributed by atoms with E-state index in [0.717, 1.165) is 6.42 Å². The van der Waals surface area contributed by atoms with Crippen LogP contribution in [0.25, 0.3) is 0 Å². The predicted octanol–water partition coefficient (Wildman–Crippen LogP) is 1.34. The fourth-order valence-corrected chi connectivity index (χ4v) is 4.84. The van der Waals surface area contributed by atoms with Crippen LogP contribution in [0.4, 0.5) is 0 Å². The maximum atomic E-state index is 13.0. The van der Waals surface area contributed by atoms with Gasteiger partial charge in [0.15, 0.2) is 0 Å². The summed E-state index contributed by atoms with van der Waals surface area (Å²) in [7, 11) is -0.751. The van der Waals surface area contributed by atoms with Crippen molar-refractivity contribution in [1.29, 1.82) is 0 Å². The van der Waals surface area contributed by atoms with Gasteiger partial charge in [-0.1, -0.05) is 6.07 Å². The number of hydrogen-bond acceptors (Lipinski definition) is 6. The average Bonchev–Trinajstić information content (AvgIpc) is 2.87. The molecule has 1 atom stereocenters. The van der Waals surface area contributed by atoms with Crippen molar-refractivity contribution in [2.45, 2.75) is 37.1 Å². The van der Waals surface area contributed by atoms with Crippen LogP contribution < -0.4 is 0 Å². The highest BCUT2D eigenvalue weighted by Crippen LogP contribution is 2.24. The number of benzene rings is 1. The largest absolute Gasteiger partial charge is 0.480 e. The molecule has 1 aromatic carbocycles. The molecule has 1 saturated heterocycles. The molecule has 0 saturated carbocycles. The van der Waals surface area contributed by atoms with E-state index in [0.29, 0.717) is 31.5 Å². The second-order valence-electron chi connectivity index (χ2n) is 6.77. The number of likely N-dealkylation sites (N-methyl/N-ethyl adjacent to an activating group) is 1. The molecule has 0 bridgehead atoms. The number of carbonyl (C=O) groups is 2. The molecule has 1 heterocycles. The lowest BCUT2D eigenvalue weighted by molar-refractivity contribution is -0.138. The predicted molar refractivity (Wildman–Crippen MR) is 99.2 cm³/mol. The van der Waals surface area contributed by atoms with E-state index >= 15 is 0 Å². The monoisotopic (exact) mass is 398 g/mol. The van der Waals surface area contributed by atoms with Crippen molar-refractivity contribution < 1.29 is 27.9 Å². The second-order valence-corrected chi connectivity index (χ2v) is 8.70. The van der Waals surface area contributed by atoms with Gasteiger partial charge in [0.2, 0.25) is 10.0 Å². The number of sulfonamides is 1. The van der Waals surface area contributed by atoms with Gasteiger partial charge in [0.25, 0.3) is 0 Å². The third kappa shape index (κ3) is 5.06. The first-order chi connectivity index (χ1) is 12.7. The first-order valence-corrected chi connectivity index (χ1v) is 10.2. The minimum absolute atomic E-state index is 0.0185. The summed E-state index contributed by atoms with van der Waals surface area (Å²) >= 11 is 0. The number of nitrogens with zero attached hydrogens (tertiary/aromatic N) is 2. The number of methoxy groups -OCH3 is 1. The molecule has 1 N–H and O–H groups in total. The number of aliphatic carboxylic acids is 1. The van der Waals surface area contributed by atoms with E-state index in [4.69, 9.17) is 9.84 Å². The Kier molecular flexibility index (Phi) is 6.96. The fraction of sp³-hybridized carbons (Fsp3) is 0.556. The molecule has 8 nitrogen and oxygen atoms in total. The number of carbonyl (C=O) groups excluding carboxylic acids is 1. The number of hydrogen-bond donors (Lipinski definition) is 1. The summed E-state index contributed by atoms with van der Waals surface area (Å²) in [5.74, 6) is -1.48. The first-order valence-electron chi connectivity index (χ1n) is 8.78. The Balaban J connectivity index is 2.20. The number of ether oxygens (including phenoxy) is 1. The Morgan fingerprint density at radius 1 is 1.30 bits per heavy atom. The van der Waals surface area contributed by atoms with Crippen LogP contribution in [0.3, 0.4) is 0 Å². The summed E-state index contributed by atoms with van der Waals surface area (Å²) in [5.41, 5.74) is 0.875. The first kappa shape index (κ1) is 21.3. The third-order valence-electron chi connectivity index (χ3n) is 4.92. The number of rotatable bonds is 6. The van der Waals surface area contributed by atoms with Gasteiger partial charge in [-0.05, 0) is 50.9 Å². The van der Waals surface area contributed by atoms with Crippen LogP contribution in [0.2, 0.25) is 0 Å². The maximum absolute atomic E-state index is 13.0. The van der Waals surface area contributed by atoms with Gasteiger partial charge in [-0.25, -0.2) is 13.2 Å². The standard InChI is InChI=1S/C18H26N2O6S/c1-13-6-7-15(11-16(13)18(23)26-3)27(24,25)20-9-4-5-14(8-10-20)19(2)12-17(21)22/h6-7,11,14H,4-5,8-10,12H2,1-3H3,(H,21,22). The van der Waals surface area contributed by atoms with Crippen LogP contribution in [0.1, 0.15) is 35.2 Å². The molecular weight excluding hydrogens is 372 g/mol. The van der Waals surface area contributed by atoms with E-state index in [-0.39, 0.29) is 23.0 Å². The molecule has 27 heavy (non-hydrogen) atoms. The molecule has 1 aromatic rings. The molecule has 1 fully saturated rings. The van der Waals surface area contributed by atoms with Crippen LogP contribution >= 0.6 is 0 Å². The average molecular weight is 398 g/mol. The Morgan fingerprint density at radius 3 is 2.63 bits per heavy atom. The smallest absolute Gasteiger partial charge is 0.338 e. The number of carboxylic acid groups (broad SMARTS) is 1. The summed E-state index contributed by atoms with van der Waals surface area (Å²) in [5, 5.41) is 8.94. The summed E-state index contributed by atoms with van der Waals surface area (Å²) in [6.07, 6.45) is 1.93. The Morgan fingerprint density at radius 2 is 2.00 bits per heavy atom. The third-order valence-corrected chi connectivity index (χ3v) is 6.81. The second kappa shape index (κ2) is 8.81. The molecule has 1 aliphatic heterocycles. The molecular formula is C18H26N2O6S. The van der Waals surface area contributed by atoms with E-state index in [9.17, 15) is 18.0 Å². The van der Waals surface area contributed by atoms with Gasteiger partial charge in [-0.3, -0.25) is 9.69 Å². The van der Waals surface area contributed by atoms with Gasteiger partial charge >= 0.3 is 11.9 Å². The summed E-state index contributed by atoms with van der Waals surface area (Å²) in [4.78, 5) is 24.6. The van der Waals surface area contributed by atoms with Crippen LogP contribution in [0, 0.1) is 6.92 Å². The van der Waals surface area contributed by atoms with Crippen LogP contribution in [0.5, 0.6) is 0 Å². The Bertz CT molecular complexity index is 808. The zero-order valence-corrected chi connectivity index (χ0v) is 16.7. The summed E-state index contributed by atoms with van der Waals surface area (Å²) in [6, 6.07) is 4.47. The molecule has 1 unspecified atom stereocenters. The highest BCUT2D eigenvalue weighted by Gasteiger charge is 2.30. The fourth-order valence-electron chi connectivity index (χ4n) is 3.32. The zero-order valence-electron chi connectivity index (χ0n) is 15.8. The molecule has 0 radical (unpaired) electrons. The van der Waals surface area contributed by atoms with Gasteiger partial charge in [-0.15, -0.1) is 0 Å². The quantitative estimate of drug-likeness (QED) is 0.721. The van der Waals surface area contributed by atoms with Gasteiger partial charge in [0, 0.05) is 19.1 Å². The van der Waals surface area contributed by atoms with E-state index in [1.165, 1.54) is 23.5 Å².